The average Bonchev–Trinajstić information content (AvgIpc) is 2.86. The van der Waals surface area contributed by atoms with Gasteiger partial charge in [0.25, 0.3) is 5.91 Å². The minimum Gasteiger partial charge on any atom is -0.497 e. The number of anilines is 1. The van der Waals surface area contributed by atoms with E-state index in [0.717, 1.165) is 3.57 Å². The number of nitriles is 1. The van der Waals surface area contributed by atoms with E-state index in [1.165, 1.54) is 6.08 Å². The van der Waals surface area contributed by atoms with E-state index in [1.54, 1.807) is 62.6 Å². The summed E-state index contributed by atoms with van der Waals surface area (Å²) in [5.41, 5.74) is 1.41. The molecule has 3 aromatic carbocycles. The maximum absolute atomic E-state index is 12.7. The van der Waals surface area contributed by atoms with Gasteiger partial charge in [-0.05, 0) is 124 Å². The lowest BCUT2D eigenvalue weighted by molar-refractivity contribution is -0.112. The first-order valence-electron chi connectivity index (χ1n) is 10.4. The number of ether oxygens (including phenoxy) is 3. The molecule has 0 radical (unpaired) electrons. The van der Waals surface area contributed by atoms with Gasteiger partial charge in [-0.3, -0.25) is 4.79 Å². The van der Waals surface area contributed by atoms with Crippen LogP contribution in [0.2, 0.25) is 0 Å². The molecule has 1 amide bonds. The number of carbonyl (C=O) groups is 2. The predicted octanol–water partition coefficient (Wildman–Crippen LogP) is 6.07. The molecule has 0 saturated carbocycles. The molecule has 0 bridgehead atoms. The summed E-state index contributed by atoms with van der Waals surface area (Å²) in [6, 6.07) is 19.1. The Hall–Kier alpha value is -3.11. The number of hydrogen-bond acceptors (Lipinski definition) is 6. The first-order valence-corrected chi connectivity index (χ1v) is 12.5. The molecule has 9 heteroatoms. The number of benzene rings is 3. The SMILES string of the molecule is CCOc1cc(/C=C(\C#N)C(=O)Nc2ccc(I)cc2)cc(I)c1OC(=O)c1ccc(OC)cc1. The van der Waals surface area contributed by atoms with Gasteiger partial charge in [0.15, 0.2) is 11.5 Å². The van der Waals surface area contributed by atoms with Crippen molar-refractivity contribution >= 4 is 68.8 Å². The van der Waals surface area contributed by atoms with Crippen LogP contribution in [0.1, 0.15) is 22.8 Å². The average molecular weight is 694 g/mol. The number of rotatable bonds is 8. The van der Waals surface area contributed by atoms with Gasteiger partial charge in [0.2, 0.25) is 0 Å². The van der Waals surface area contributed by atoms with Crippen LogP contribution in [0, 0.1) is 18.5 Å². The smallest absolute Gasteiger partial charge is 0.343 e. The number of nitrogens with one attached hydrogen (secondary N) is 1. The van der Waals surface area contributed by atoms with E-state index in [2.05, 4.69) is 27.9 Å². The molecule has 0 spiro atoms. The Bertz CT molecular complexity index is 1300. The van der Waals surface area contributed by atoms with Gasteiger partial charge in [0.05, 0.1) is 22.9 Å². The summed E-state index contributed by atoms with van der Waals surface area (Å²) in [7, 11) is 1.55. The fraction of sp³-hybridized carbons (Fsp3) is 0.115. The Morgan fingerprint density at radius 3 is 2.34 bits per heavy atom. The summed E-state index contributed by atoms with van der Waals surface area (Å²) in [5, 5.41) is 12.3. The van der Waals surface area contributed by atoms with Crippen molar-refractivity contribution < 1.29 is 23.8 Å². The van der Waals surface area contributed by atoms with Gasteiger partial charge in [-0.25, -0.2) is 4.79 Å². The van der Waals surface area contributed by atoms with E-state index >= 15 is 0 Å². The van der Waals surface area contributed by atoms with Crippen LogP contribution in [0.4, 0.5) is 5.69 Å². The Balaban J connectivity index is 1.86. The van der Waals surface area contributed by atoms with Gasteiger partial charge in [-0.2, -0.15) is 5.26 Å². The van der Waals surface area contributed by atoms with Crippen LogP contribution in [0.15, 0.2) is 66.2 Å². The third-order valence-corrected chi connectivity index (χ3v) is 6.15. The summed E-state index contributed by atoms with van der Waals surface area (Å²) in [6.07, 6.45) is 1.46. The van der Waals surface area contributed by atoms with Crippen molar-refractivity contribution in [2.24, 2.45) is 0 Å². The second kappa shape index (κ2) is 12.6. The maximum Gasteiger partial charge on any atom is 0.343 e. The molecule has 1 N–H and O–H groups in total. The molecule has 0 fully saturated rings. The molecule has 0 aliphatic heterocycles. The van der Waals surface area contributed by atoms with Gasteiger partial charge >= 0.3 is 5.97 Å². The van der Waals surface area contributed by atoms with Crippen LogP contribution in [0.3, 0.4) is 0 Å². The van der Waals surface area contributed by atoms with Gasteiger partial charge in [-0.15, -0.1) is 0 Å². The zero-order chi connectivity index (χ0) is 25.4. The third kappa shape index (κ3) is 7.19. The van der Waals surface area contributed by atoms with Crippen LogP contribution in [0.25, 0.3) is 6.08 Å². The number of carbonyl (C=O) groups excluding carboxylic acids is 2. The molecule has 7 nitrogen and oxygen atoms in total. The van der Waals surface area contributed by atoms with E-state index in [0.29, 0.717) is 38.5 Å². The van der Waals surface area contributed by atoms with Crippen LogP contribution >= 0.6 is 45.2 Å². The molecule has 3 rings (SSSR count). The summed E-state index contributed by atoms with van der Waals surface area (Å²) < 4.78 is 18.1. The van der Waals surface area contributed by atoms with E-state index in [-0.39, 0.29) is 11.3 Å². The summed E-state index contributed by atoms with van der Waals surface area (Å²) >= 11 is 4.19. The van der Waals surface area contributed by atoms with Crippen molar-refractivity contribution in [3.63, 3.8) is 0 Å². The number of hydrogen-bond donors (Lipinski definition) is 1. The summed E-state index contributed by atoms with van der Waals surface area (Å²) in [5.74, 6) is 0.123. The molecule has 0 saturated heterocycles. The maximum atomic E-state index is 12.7. The molecule has 35 heavy (non-hydrogen) atoms. The van der Waals surface area contributed by atoms with Crippen molar-refractivity contribution in [3.05, 3.63) is 84.5 Å². The van der Waals surface area contributed by atoms with E-state index in [4.69, 9.17) is 14.2 Å². The van der Waals surface area contributed by atoms with Crippen molar-refractivity contribution in [2.45, 2.75) is 6.92 Å². The van der Waals surface area contributed by atoms with Gasteiger partial charge in [0, 0.05) is 9.26 Å². The lowest BCUT2D eigenvalue weighted by Crippen LogP contribution is -2.13. The van der Waals surface area contributed by atoms with Crippen LogP contribution in [0.5, 0.6) is 17.2 Å². The number of halogens is 2. The minimum atomic E-state index is -0.551. The number of methoxy groups -OCH3 is 1. The van der Waals surface area contributed by atoms with E-state index in [1.807, 2.05) is 40.8 Å². The van der Waals surface area contributed by atoms with Crippen LogP contribution in [-0.2, 0) is 4.79 Å². The molecule has 3 aromatic rings. The first-order chi connectivity index (χ1) is 16.8. The highest BCUT2D eigenvalue weighted by molar-refractivity contribution is 14.1. The molecular weight excluding hydrogens is 674 g/mol. The molecule has 0 aliphatic rings. The van der Waals surface area contributed by atoms with Gasteiger partial charge in [0.1, 0.15) is 17.4 Å². The highest BCUT2D eigenvalue weighted by Crippen LogP contribution is 2.35. The Labute approximate surface area is 230 Å². The van der Waals surface area contributed by atoms with Gasteiger partial charge < -0.3 is 19.5 Å². The first kappa shape index (κ1) is 26.5. The van der Waals surface area contributed by atoms with Crippen molar-refractivity contribution in [1.82, 2.24) is 0 Å². The zero-order valence-electron chi connectivity index (χ0n) is 18.8. The van der Waals surface area contributed by atoms with Crippen LogP contribution in [-0.4, -0.2) is 25.6 Å². The minimum absolute atomic E-state index is 0.0789. The van der Waals surface area contributed by atoms with E-state index in [9.17, 15) is 14.9 Å². The Morgan fingerprint density at radius 2 is 1.74 bits per heavy atom. The fourth-order valence-corrected chi connectivity index (χ4v) is 4.05. The molecule has 0 atom stereocenters. The highest BCUT2D eigenvalue weighted by Gasteiger charge is 2.18. The predicted molar refractivity (Wildman–Crippen MR) is 150 cm³/mol. The summed E-state index contributed by atoms with van der Waals surface area (Å²) in [4.78, 5) is 25.3. The number of nitrogens with zero attached hydrogens (tertiary/aromatic N) is 1. The molecule has 0 heterocycles. The number of amides is 1. The highest BCUT2D eigenvalue weighted by atomic mass is 127. The quantitative estimate of drug-likeness (QED) is 0.101. The molecule has 0 unspecified atom stereocenters. The molecule has 0 aromatic heterocycles. The Kier molecular flexibility index (Phi) is 9.50. The fourth-order valence-electron chi connectivity index (χ4n) is 2.96. The lowest BCUT2D eigenvalue weighted by atomic mass is 10.1. The topological polar surface area (TPSA) is 97.6 Å². The van der Waals surface area contributed by atoms with Crippen LogP contribution < -0.4 is 19.5 Å². The lowest BCUT2D eigenvalue weighted by Gasteiger charge is -2.14. The zero-order valence-corrected chi connectivity index (χ0v) is 23.1. The largest absolute Gasteiger partial charge is 0.497 e. The molecule has 0 aliphatic carbocycles. The van der Waals surface area contributed by atoms with Crippen molar-refractivity contribution in [2.75, 3.05) is 19.0 Å². The van der Waals surface area contributed by atoms with Crippen molar-refractivity contribution in [1.29, 1.82) is 5.26 Å². The third-order valence-electron chi connectivity index (χ3n) is 4.63. The van der Waals surface area contributed by atoms with Crippen molar-refractivity contribution in [3.8, 4) is 23.3 Å². The normalized spacial score (nSPS) is 10.8. The standard InChI is InChI=1S/C26H20I2N2O5/c1-3-34-23-14-16(12-18(15-29)25(31)30-20-8-6-19(27)7-9-20)13-22(28)24(23)35-26(32)17-4-10-21(33-2)11-5-17/h4-14H,3H2,1-2H3,(H,30,31)/b18-12+. The number of esters is 1. The second-order valence-electron chi connectivity index (χ2n) is 7.01. The molecular formula is C26H20I2N2O5. The van der Waals surface area contributed by atoms with E-state index < -0.39 is 11.9 Å². The monoisotopic (exact) mass is 694 g/mol. The Morgan fingerprint density at radius 1 is 1.06 bits per heavy atom. The molecule has 178 valence electrons. The van der Waals surface area contributed by atoms with Gasteiger partial charge in [-0.1, -0.05) is 0 Å². The summed E-state index contributed by atoms with van der Waals surface area (Å²) in [6.45, 7) is 2.13. The second-order valence-corrected chi connectivity index (χ2v) is 9.42.